The topological polar surface area (TPSA) is 12.0 Å². The highest BCUT2D eigenvalue weighted by Gasteiger charge is 2.34. The summed E-state index contributed by atoms with van der Waals surface area (Å²) in [5.41, 5.74) is 0.554. The molecule has 0 aromatic carbocycles. The predicted molar refractivity (Wildman–Crippen MR) is 71.6 cm³/mol. The minimum absolute atomic E-state index is 0.554. The monoisotopic (exact) mass is 229 g/mol. The van der Waals surface area contributed by atoms with Crippen LogP contribution in [0.15, 0.2) is 0 Å². The zero-order valence-corrected chi connectivity index (χ0v) is 11.8. The molecule has 0 bridgehead atoms. The molecule has 1 aliphatic carbocycles. The summed E-state index contributed by atoms with van der Waals surface area (Å²) in [6.07, 6.45) is 5.37. The minimum atomic E-state index is 0.554. The summed E-state index contributed by atoms with van der Waals surface area (Å²) >= 11 is 2.19. The Morgan fingerprint density at radius 2 is 2.13 bits per heavy atom. The fourth-order valence-electron chi connectivity index (χ4n) is 2.39. The maximum atomic E-state index is 3.50. The summed E-state index contributed by atoms with van der Waals surface area (Å²) in [4.78, 5) is 0. The van der Waals surface area contributed by atoms with Gasteiger partial charge in [0.1, 0.15) is 0 Å². The van der Waals surface area contributed by atoms with Crippen LogP contribution in [0.3, 0.4) is 0 Å². The van der Waals surface area contributed by atoms with Gasteiger partial charge in [-0.25, -0.2) is 0 Å². The predicted octanol–water partition coefficient (Wildman–Crippen LogP) is 3.68. The van der Waals surface area contributed by atoms with Crippen molar-refractivity contribution in [2.75, 3.05) is 7.05 Å². The molecule has 0 saturated heterocycles. The van der Waals surface area contributed by atoms with E-state index in [0.717, 1.165) is 16.5 Å². The van der Waals surface area contributed by atoms with Crippen molar-refractivity contribution in [1.29, 1.82) is 0 Å². The molecule has 1 aliphatic rings. The van der Waals surface area contributed by atoms with Crippen LogP contribution in [-0.4, -0.2) is 23.6 Å². The molecule has 0 amide bonds. The van der Waals surface area contributed by atoms with Crippen LogP contribution in [0.1, 0.15) is 53.4 Å². The zero-order valence-electron chi connectivity index (χ0n) is 11.0. The maximum absolute atomic E-state index is 3.50. The Morgan fingerprint density at radius 3 is 2.67 bits per heavy atom. The molecule has 90 valence electrons. The van der Waals surface area contributed by atoms with E-state index in [-0.39, 0.29) is 0 Å². The van der Waals surface area contributed by atoms with E-state index in [1.54, 1.807) is 0 Å². The van der Waals surface area contributed by atoms with Crippen molar-refractivity contribution in [2.45, 2.75) is 69.9 Å². The number of hydrogen-bond donors (Lipinski definition) is 1. The molecular formula is C13H27NS. The second-order valence-corrected chi connectivity index (χ2v) is 7.38. The molecule has 15 heavy (non-hydrogen) atoms. The normalized spacial score (nSPS) is 32.6. The molecule has 1 rings (SSSR count). The summed E-state index contributed by atoms with van der Waals surface area (Å²) in [6, 6.07) is 0.733. The summed E-state index contributed by atoms with van der Waals surface area (Å²) in [5, 5.41) is 5.12. The van der Waals surface area contributed by atoms with Gasteiger partial charge in [-0.2, -0.15) is 11.8 Å². The first-order chi connectivity index (χ1) is 6.98. The largest absolute Gasteiger partial charge is 0.316 e. The molecule has 0 aliphatic heterocycles. The van der Waals surface area contributed by atoms with Crippen molar-refractivity contribution < 1.29 is 0 Å². The first-order valence-corrected chi connectivity index (χ1v) is 7.25. The van der Waals surface area contributed by atoms with Crippen LogP contribution in [0.2, 0.25) is 0 Å². The molecule has 0 radical (unpaired) electrons. The van der Waals surface area contributed by atoms with E-state index in [1.165, 1.54) is 25.7 Å². The first kappa shape index (κ1) is 13.4. The van der Waals surface area contributed by atoms with Crippen LogP contribution in [0.4, 0.5) is 0 Å². The maximum Gasteiger partial charge on any atom is 0.0208 e. The fourth-order valence-corrected chi connectivity index (χ4v) is 4.19. The summed E-state index contributed by atoms with van der Waals surface area (Å²) < 4.78 is 0. The van der Waals surface area contributed by atoms with Gasteiger partial charge >= 0.3 is 0 Å². The van der Waals surface area contributed by atoms with E-state index in [9.17, 15) is 0 Å². The number of thioether (sulfide) groups is 1. The average Bonchev–Trinajstić information content (AvgIpc) is 2.17. The highest BCUT2D eigenvalue weighted by atomic mass is 32.2. The Balaban J connectivity index is 2.55. The van der Waals surface area contributed by atoms with E-state index in [1.807, 2.05) is 0 Å². The van der Waals surface area contributed by atoms with Crippen molar-refractivity contribution >= 4 is 11.8 Å². The molecule has 1 fully saturated rings. The fraction of sp³-hybridized carbons (Fsp3) is 1.00. The van der Waals surface area contributed by atoms with Crippen LogP contribution in [0.25, 0.3) is 0 Å². The second-order valence-electron chi connectivity index (χ2n) is 5.70. The van der Waals surface area contributed by atoms with Gasteiger partial charge in [0, 0.05) is 16.5 Å². The SMILES string of the molecule is CCC(C)SC1CC(C)(C)CCC1NC. The lowest BCUT2D eigenvalue weighted by Gasteiger charge is -2.41. The summed E-state index contributed by atoms with van der Waals surface area (Å²) in [6.45, 7) is 9.49. The second kappa shape index (κ2) is 5.58. The highest BCUT2D eigenvalue weighted by molar-refractivity contribution is 8.00. The Labute approximate surface area is 99.8 Å². The van der Waals surface area contributed by atoms with Gasteiger partial charge in [0.15, 0.2) is 0 Å². The summed E-state index contributed by atoms with van der Waals surface area (Å²) in [7, 11) is 2.12. The Morgan fingerprint density at radius 1 is 1.47 bits per heavy atom. The molecule has 1 saturated carbocycles. The van der Waals surface area contributed by atoms with E-state index in [4.69, 9.17) is 0 Å². The molecule has 3 atom stereocenters. The van der Waals surface area contributed by atoms with Crippen LogP contribution in [0.5, 0.6) is 0 Å². The minimum Gasteiger partial charge on any atom is -0.316 e. The van der Waals surface area contributed by atoms with Gasteiger partial charge in [-0.3, -0.25) is 0 Å². The van der Waals surface area contributed by atoms with Crippen LogP contribution < -0.4 is 5.32 Å². The lowest BCUT2D eigenvalue weighted by atomic mass is 9.75. The van der Waals surface area contributed by atoms with Crippen molar-refractivity contribution in [3.8, 4) is 0 Å². The van der Waals surface area contributed by atoms with Crippen LogP contribution >= 0.6 is 11.8 Å². The highest BCUT2D eigenvalue weighted by Crippen LogP contribution is 2.41. The van der Waals surface area contributed by atoms with Crippen LogP contribution in [-0.2, 0) is 0 Å². The lowest BCUT2D eigenvalue weighted by molar-refractivity contribution is 0.218. The Bertz CT molecular complexity index is 191. The quantitative estimate of drug-likeness (QED) is 0.789. The van der Waals surface area contributed by atoms with Crippen molar-refractivity contribution in [2.24, 2.45) is 5.41 Å². The molecule has 2 heteroatoms. The van der Waals surface area contributed by atoms with Gasteiger partial charge in [0.25, 0.3) is 0 Å². The molecule has 0 aromatic heterocycles. The zero-order chi connectivity index (χ0) is 11.5. The van der Waals surface area contributed by atoms with Crippen LogP contribution in [0, 0.1) is 5.41 Å². The third kappa shape index (κ3) is 3.99. The van der Waals surface area contributed by atoms with Gasteiger partial charge < -0.3 is 5.32 Å². The third-order valence-corrected chi connectivity index (χ3v) is 5.33. The average molecular weight is 229 g/mol. The number of rotatable bonds is 4. The van der Waals surface area contributed by atoms with Gasteiger partial charge in [0.05, 0.1) is 0 Å². The molecule has 0 heterocycles. The van der Waals surface area contributed by atoms with E-state index in [0.29, 0.717) is 5.41 Å². The van der Waals surface area contributed by atoms with Crippen molar-refractivity contribution in [3.63, 3.8) is 0 Å². The number of hydrogen-bond acceptors (Lipinski definition) is 2. The molecular weight excluding hydrogens is 202 g/mol. The van der Waals surface area contributed by atoms with Gasteiger partial charge in [-0.1, -0.05) is 27.7 Å². The van der Waals surface area contributed by atoms with Crippen molar-refractivity contribution in [1.82, 2.24) is 5.32 Å². The van der Waals surface area contributed by atoms with Gasteiger partial charge in [-0.15, -0.1) is 0 Å². The summed E-state index contributed by atoms with van der Waals surface area (Å²) in [5.74, 6) is 0. The molecule has 1 N–H and O–H groups in total. The Hall–Kier alpha value is 0.310. The van der Waals surface area contributed by atoms with Crippen molar-refractivity contribution in [3.05, 3.63) is 0 Å². The lowest BCUT2D eigenvalue weighted by Crippen LogP contribution is -2.43. The number of nitrogens with one attached hydrogen (secondary N) is 1. The van der Waals surface area contributed by atoms with E-state index >= 15 is 0 Å². The molecule has 1 nitrogen and oxygen atoms in total. The molecule has 0 spiro atoms. The first-order valence-electron chi connectivity index (χ1n) is 6.31. The smallest absolute Gasteiger partial charge is 0.0208 e. The van der Waals surface area contributed by atoms with Gasteiger partial charge in [-0.05, 0) is 38.1 Å². The third-order valence-electron chi connectivity index (χ3n) is 3.69. The van der Waals surface area contributed by atoms with E-state index < -0.39 is 0 Å². The van der Waals surface area contributed by atoms with E-state index in [2.05, 4.69) is 51.8 Å². The molecule has 3 unspecified atom stereocenters. The standard InChI is InChI=1S/C13H27NS/c1-6-10(2)15-12-9-13(3,4)8-7-11(12)14-5/h10-12,14H,6-9H2,1-5H3. The molecule has 0 aromatic rings. The van der Waals surface area contributed by atoms with Gasteiger partial charge in [0.2, 0.25) is 0 Å². The Kier molecular flexibility index (Phi) is 4.98.